The van der Waals surface area contributed by atoms with Crippen LogP contribution in [0.5, 0.6) is 0 Å². The highest BCUT2D eigenvalue weighted by atomic mass is 14.0. The Morgan fingerprint density at radius 1 is 0.214 bits per heavy atom. The van der Waals surface area contributed by atoms with Crippen molar-refractivity contribution in [2.24, 2.45) is 0 Å². The minimum absolute atomic E-state index is 0. The van der Waals surface area contributed by atoms with E-state index in [1.807, 2.05) is 0 Å². The molecule has 1 fully saturated rings. The van der Waals surface area contributed by atoms with Crippen molar-refractivity contribution in [2.45, 2.75) is 95.9 Å². The van der Waals surface area contributed by atoms with Gasteiger partial charge < -0.3 is 0 Å². The fraction of sp³-hybridized carbons (Fsp3) is 1.00. The second kappa shape index (κ2) is 29.2. The molecule has 0 heteroatoms. The fourth-order valence-electron chi connectivity index (χ4n) is 1.41. The topological polar surface area (TPSA) is 0 Å². The van der Waals surface area contributed by atoms with E-state index in [0.717, 1.165) is 0 Å². The predicted octanol–water partition coefficient (Wildman–Crippen LogP) is 6.94. The van der Waals surface area contributed by atoms with E-state index in [2.05, 4.69) is 0 Å². The Bertz CT molecular complexity index is 24.0. The number of hydrogen-bond acceptors (Lipinski definition) is 0. The Balaban J connectivity index is -0.0000000267. The van der Waals surface area contributed by atoms with Crippen molar-refractivity contribution in [3.05, 3.63) is 0 Å². The molecule has 0 aromatic carbocycles. The summed E-state index contributed by atoms with van der Waals surface area (Å²) in [5.41, 5.74) is 0. The lowest BCUT2D eigenvalue weighted by Gasteiger charge is -2.05. The van der Waals surface area contributed by atoms with Gasteiger partial charge in [-0.3, -0.25) is 0 Å². The van der Waals surface area contributed by atoms with E-state index >= 15 is 0 Å². The van der Waals surface area contributed by atoms with E-state index in [1.54, 1.807) is 0 Å². The molecule has 0 radical (unpaired) electrons. The average molecular weight is 208 g/mol. The molecule has 0 aromatic heterocycles. The second-order valence-corrected chi connectivity index (χ2v) is 2.83. The first-order valence-electron chi connectivity index (χ1n) is 4.00. The van der Waals surface area contributed by atoms with Crippen LogP contribution in [-0.2, 0) is 0 Å². The Kier molecular flexibility index (Phi) is 77.2. The fourth-order valence-corrected chi connectivity index (χ4v) is 1.41. The number of rotatable bonds is 0. The van der Waals surface area contributed by atoms with Gasteiger partial charge in [-0.05, 0) is 0 Å². The maximum absolute atomic E-state index is 1.50. The van der Waals surface area contributed by atoms with Crippen LogP contribution in [0.4, 0.5) is 0 Å². The molecule has 96 valence electrons. The van der Waals surface area contributed by atoms with Crippen LogP contribution < -0.4 is 0 Å². The first-order valence-corrected chi connectivity index (χ1v) is 4.00. The zero-order chi connectivity index (χ0) is 5.66. The Labute approximate surface area is 96.5 Å². The smallest absolute Gasteiger partial charge is 0.0533 e. The predicted molar refractivity (Wildman–Crippen MR) is 77.3 cm³/mol. The zero-order valence-corrected chi connectivity index (χ0v) is 5.66. The lowest BCUT2D eigenvalue weighted by Crippen LogP contribution is -1.85. The van der Waals surface area contributed by atoms with Gasteiger partial charge in [-0.25, -0.2) is 0 Å². The molecule has 0 unspecified atom stereocenters. The van der Waals surface area contributed by atoms with Crippen LogP contribution in [0.3, 0.4) is 0 Å². The zero-order valence-electron chi connectivity index (χ0n) is 5.66. The third kappa shape index (κ3) is 22.7. The summed E-state index contributed by atoms with van der Waals surface area (Å²) in [6, 6.07) is 0. The lowest BCUT2D eigenvalue weighted by molar-refractivity contribution is 0.504. The Hall–Kier alpha value is 0. The molecule has 0 bridgehead atoms. The van der Waals surface area contributed by atoms with Gasteiger partial charge >= 0.3 is 0 Å². The molecule has 0 N–H and O–H groups in total. The molecule has 0 heterocycles. The molecule has 0 aromatic rings. The largest absolute Gasteiger partial charge is 0.0776 e. The van der Waals surface area contributed by atoms with Crippen molar-refractivity contribution in [1.82, 2.24) is 0 Å². The molecule has 1 aliphatic rings. The first-order chi connectivity index (χ1) is 4.00. The molecule has 0 saturated heterocycles. The summed E-state index contributed by atoms with van der Waals surface area (Å²) >= 11 is 0. The second-order valence-electron chi connectivity index (χ2n) is 2.83. The summed E-state index contributed by atoms with van der Waals surface area (Å²) < 4.78 is 0. The SMILES string of the molecule is C.C.C.C.C.C.C1CCCCCCC1. The summed E-state index contributed by atoms with van der Waals surface area (Å²) in [5.74, 6) is 0. The standard InChI is InChI=1S/C8H16.6CH4/c1-2-4-6-8-7-5-3-1;;;;;;/h1-8H2;6*1H4. The third-order valence-electron chi connectivity index (χ3n) is 2.00. The summed E-state index contributed by atoms with van der Waals surface area (Å²) in [4.78, 5) is 0. The van der Waals surface area contributed by atoms with E-state index in [4.69, 9.17) is 0 Å². The lowest BCUT2D eigenvalue weighted by atomic mass is 10.0. The minimum atomic E-state index is 0. The van der Waals surface area contributed by atoms with Crippen LogP contribution in [0.2, 0.25) is 0 Å². The maximum Gasteiger partial charge on any atom is -0.0533 e. The highest BCUT2D eigenvalue weighted by Crippen LogP contribution is 2.15. The van der Waals surface area contributed by atoms with Crippen LogP contribution in [-0.4, -0.2) is 0 Å². The Morgan fingerprint density at radius 2 is 0.286 bits per heavy atom. The van der Waals surface area contributed by atoms with Gasteiger partial charge in [0, 0.05) is 0 Å². The van der Waals surface area contributed by atoms with E-state index in [-0.39, 0.29) is 44.6 Å². The molecule has 0 nitrogen and oxygen atoms in total. The van der Waals surface area contributed by atoms with Crippen molar-refractivity contribution in [1.29, 1.82) is 0 Å². The molecule has 0 aliphatic heterocycles. The van der Waals surface area contributed by atoms with Gasteiger partial charge in [-0.15, -0.1) is 0 Å². The average Bonchev–Trinajstić information content (AvgIpc) is 1.62. The van der Waals surface area contributed by atoms with Crippen LogP contribution in [0.15, 0.2) is 0 Å². The quantitative estimate of drug-likeness (QED) is 0.404. The van der Waals surface area contributed by atoms with Crippen molar-refractivity contribution in [3.8, 4) is 0 Å². The summed E-state index contributed by atoms with van der Waals surface area (Å²) in [7, 11) is 0. The van der Waals surface area contributed by atoms with E-state index in [9.17, 15) is 0 Å². The summed E-state index contributed by atoms with van der Waals surface area (Å²) in [6.07, 6.45) is 12.0. The highest BCUT2D eigenvalue weighted by molar-refractivity contribution is 4.51. The van der Waals surface area contributed by atoms with Gasteiger partial charge in [0.25, 0.3) is 0 Å². The van der Waals surface area contributed by atoms with Crippen LogP contribution in [0, 0.1) is 0 Å². The van der Waals surface area contributed by atoms with E-state index in [0.29, 0.717) is 0 Å². The molecule has 1 aliphatic carbocycles. The number of hydrogen-bond donors (Lipinski definition) is 0. The molecule has 1 saturated carbocycles. The van der Waals surface area contributed by atoms with E-state index in [1.165, 1.54) is 51.4 Å². The van der Waals surface area contributed by atoms with Crippen LogP contribution in [0.25, 0.3) is 0 Å². The van der Waals surface area contributed by atoms with Gasteiger partial charge in [0.15, 0.2) is 0 Å². The first kappa shape index (κ1) is 37.0. The Morgan fingerprint density at radius 3 is 0.357 bits per heavy atom. The van der Waals surface area contributed by atoms with Gasteiger partial charge in [0.2, 0.25) is 0 Å². The van der Waals surface area contributed by atoms with Gasteiger partial charge in [-0.1, -0.05) is 95.9 Å². The van der Waals surface area contributed by atoms with Crippen molar-refractivity contribution in [2.75, 3.05) is 0 Å². The third-order valence-corrected chi connectivity index (χ3v) is 2.00. The molecular formula is C14H40. The van der Waals surface area contributed by atoms with Crippen molar-refractivity contribution in [3.63, 3.8) is 0 Å². The molecular weight excluding hydrogens is 168 g/mol. The van der Waals surface area contributed by atoms with Gasteiger partial charge in [0.05, 0.1) is 0 Å². The highest BCUT2D eigenvalue weighted by Gasteiger charge is 1.95. The van der Waals surface area contributed by atoms with Crippen LogP contribution in [0.1, 0.15) is 95.9 Å². The van der Waals surface area contributed by atoms with Crippen molar-refractivity contribution >= 4 is 0 Å². The molecule has 0 spiro atoms. The monoisotopic (exact) mass is 208 g/mol. The van der Waals surface area contributed by atoms with Crippen LogP contribution >= 0.6 is 0 Å². The summed E-state index contributed by atoms with van der Waals surface area (Å²) in [5, 5.41) is 0. The van der Waals surface area contributed by atoms with Gasteiger partial charge in [-0.2, -0.15) is 0 Å². The maximum atomic E-state index is 1.50. The summed E-state index contributed by atoms with van der Waals surface area (Å²) in [6.45, 7) is 0. The molecule has 1 rings (SSSR count). The van der Waals surface area contributed by atoms with Crippen molar-refractivity contribution < 1.29 is 0 Å². The molecule has 14 heavy (non-hydrogen) atoms. The minimum Gasteiger partial charge on any atom is -0.0776 e. The molecule has 0 atom stereocenters. The van der Waals surface area contributed by atoms with Gasteiger partial charge in [0.1, 0.15) is 0 Å². The van der Waals surface area contributed by atoms with E-state index < -0.39 is 0 Å². The normalized spacial score (nSPS) is 13.7. The molecule has 0 amide bonds.